The molecular weight excluding hydrogens is 254 g/mol. The average Bonchev–Trinajstić information content (AvgIpc) is 2.98. The van der Waals surface area contributed by atoms with Crippen LogP contribution < -0.4 is 0 Å². The van der Waals surface area contributed by atoms with Gasteiger partial charge >= 0.3 is 0 Å². The smallest absolute Gasteiger partial charge is 0.131 e. The third kappa shape index (κ3) is 2.57. The molecule has 0 fully saturated rings. The molecule has 1 heterocycles. The Morgan fingerprint density at radius 3 is 2.21 bits per heavy atom. The van der Waals surface area contributed by atoms with Gasteiger partial charge in [-0.05, 0) is 11.1 Å². The van der Waals surface area contributed by atoms with Crippen molar-refractivity contribution in [3.05, 3.63) is 77.4 Å². The van der Waals surface area contributed by atoms with Gasteiger partial charge in [0.05, 0.1) is 4.88 Å². The molecule has 0 amide bonds. The van der Waals surface area contributed by atoms with Crippen LogP contribution in [0, 0.1) is 0 Å². The topological polar surface area (TPSA) is 33.1 Å². The number of benzene rings is 2. The van der Waals surface area contributed by atoms with Crippen LogP contribution in [0.25, 0.3) is 10.4 Å². The van der Waals surface area contributed by atoms with Gasteiger partial charge in [0.25, 0.3) is 0 Å². The maximum absolute atomic E-state index is 10.3. The first kappa shape index (κ1) is 12.1. The number of hydrogen-bond acceptors (Lipinski definition) is 3. The fourth-order valence-corrected chi connectivity index (χ4v) is 2.87. The minimum Gasteiger partial charge on any atom is -0.381 e. The first-order valence-corrected chi connectivity index (χ1v) is 6.90. The highest BCUT2D eigenvalue weighted by Crippen LogP contribution is 2.31. The van der Waals surface area contributed by atoms with Gasteiger partial charge in [-0.15, -0.1) is 11.3 Å². The number of aliphatic hydroxyl groups is 1. The molecule has 0 saturated carbocycles. The summed E-state index contributed by atoms with van der Waals surface area (Å²) >= 11 is 1.53. The van der Waals surface area contributed by atoms with E-state index in [-0.39, 0.29) is 0 Å². The van der Waals surface area contributed by atoms with E-state index in [2.05, 4.69) is 4.98 Å². The van der Waals surface area contributed by atoms with Crippen molar-refractivity contribution in [3.63, 3.8) is 0 Å². The predicted octanol–water partition coefficient (Wildman–Crippen LogP) is 3.89. The van der Waals surface area contributed by atoms with Crippen LogP contribution in [0.3, 0.4) is 0 Å². The van der Waals surface area contributed by atoms with Crippen molar-refractivity contribution in [2.75, 3.05) is 0 Å². The second-order valence-electron chi connectivity index (χ2n) is 4.24. The Balaban J connectivity index is 1.90. The quantitative estimate of drug-likeness (QED) is 0.781. The summed E-state index contributed by atoms with van der Waals surface area (Å²) in [6.07, 6.45) is 1.17. The van der Waals surface area contributed by atoms with Crippen LogP contribution in [-0.4, -0.2) is 10.1 Å². The van der Waals surface area contributed by atoms with Crippen LogP contribution in [0.1, 0.15) is 16.7 Å². The molecule has 1 N–H and O–H groups in total. The van der Waals surface area contributed by atoms with E-state index < -0.39 is 6.10 Å². The highest BCUT2D eigenvalue weighted by Gasteiger charge is 2.14. The molecule has 94 valence electrons. The zero-order chi connectivity index (χ0) is 13.1. The van der Waals surface area contributed by atoms with E-state index in [1.54, 1.807) is 0 Å². The Hall–Kier alpha value is -1.97. The molecule has 1 atom stereocenters. The molecule has 0 aliphatic carbocycles. The van der Waals surface area contributed by atoms with Gasteiger partial charge in [0.2, 0.25) is 0 Å². The minimum atomic E-state index is -0.649. The van der Waals surface area contributed by atoms with Crippen LogP contribution in [0.15, 0.2) is 66.9 Å². The van der Waals surface area contributed by atoms with Gasteiger partial charge in [0.1, 0.15) is 11.1 Å². The van der Waals surface area contributed by atoms with Crippen molar-refractivity contribution < 1.29 is 5.11 Å². The maximum Gasteiger partial charge on any atom is 0.131 e. The molecule has 2 aromatic carbocycles. The Morgan fingerprint density at radius 1 is 0.895 bits per heavy atom. The summed E-state index contributed by atoms with van der Waals surface area (Å²) in [5.41, 5.74) is 2.00. The summed E-state index contributed by atoms with van der Waals surface area (Å²) in [6, 6.07) is 19.7. The number of thiazole rings is 1. The molecule has 19 heavy (non-hydrogen) atoms. The second kappa shape index (κ2) is 5.34. The summed E-state index contributed by atoms with van der Waals surface area (Å²) in [5, 5.41) is 11.0. The van der Waals surface area contributed by atoms with E-state index in [4.69, 9.17) is 0 Å². The van der Waals surface area contributed by atoms with Crippen molar-refractivity contribution in [2.24, 2.45) is 0 Å². The second-order valence-corrected chi connectivity index (χ2v) is 5.30. The van der Waals surface area contributed by atoms with Crippen LogP contribution in [-0.2, 0) is 0 Å². The summed E-state index contributed by atoms with van der Waals surface area (Å²) in [6.45, 7) is 0. The lowest BCUT2D eigenvalue weighted by atomic mass is 10.1. The van der Waals surface area contributed by atoms with E-state index in [0.717, 1.165) is 21.0 Å². The third-order valence-corrected chi connectivity index (χ3v) is 4.03. The standard InChI is InChI=1S/C16H13NOS/c18-15(13-9-5-2-6-10-13)16-17-11-14(19-16)12-7-3-1-4-8-12/h1-11,15,18H. The Labute approximate surface area is 116 Å². The van der Waals surface area contributed by atoms with Crippen molar-refractivity contribution >= 4 is 11.3 Å². The van der Waals surface area contributed by atoms with Gasteiger partial charge in [-0.1, -0.05) is 60.7 Å². The van der Waals surface area contributed by atoms with E-state index in [0.29, 0.717) is 0 Å². The molecule has 0 saturated heterocycles. The number of aliphatic hydroxyl groups excluding tert-OH is 1. The highest BCUT2D eigenvalue weighted by molar-refractivity contribution is 7.15. The van der Waals surface area contributed by atoms with Crippen molar-refractivity contribution in [1.82, 2.24) is 4.98 Å². The molecule has 0 aliphatic heterocycles. The summed E-state index contributed by atoms with van der Waals surface area (Å²) in [4.78, 5) is 5.41. The Bertz CT molecular complexity index is 649. The molecule has 3 heteroatoms. The lowest BCUT2D eigenvalue weighted by Crippen LogP contribution is -1.97. The van der Waals surface area contributed by atoms with Crippen LogP contribution in [0.5, 0.6) is 0 Å². The van der Waals surface area contributed by atoms with E-state index in [9.17, 15) is 5.11 Å². The lowest BCUT2D eigenvalue weighted by molar-refractivity contribution is 0.220. The van der Waals surface area contributed by atoms with Crippen molar-refractivity contribution in [3.8, 4) is 10.4 Å². The van der Waals surface area contributed by atoms with E-state index in [1.807, 2.05) is 66.9 Å². The average molecular weight is 267 g/mol. The molecule has 0 spiro atoms. The molecule has 2 nitrogen and oxygen atoms in total. The van der Waals surface area contributed by atoms with Gasteiger partial charge in [-0.3, -0.25) is 0 Å². The Morgan fingerprint density at radius 2 is 1.53 bits per heavy atom. The number of rotatable bonds is 3. The van der Waals surface area contributed by atoms with Crippen LogP contribution in [0.4, 0.5) is 0 Å². The van der Waals surface area contributed by atoms with Gasteiger partial charge in [0.15, 0.2) is 0 Å². The predicted molar refractivity (Wildman–Crippen MR) is 78.1 cm³/mol. The fourth-order valence-electron chi connectivity index (χ4n) is 1.93. The molecule has 1 unspecified atom stereocenters. The number of nitrogens with zero attached hydrogens (tertiary/aromatic N) is 1. The number of aromatic nitrogens is 1. The monoisotopic (exact) mass is 267 g/mol. The highest BCUT2D eigenvalue weighted by atomic mass is 32.1. The lowest BCUT2D eigenvalue weighted by Gasteiger charge is -2.06. The molecule has 0 bridgehead atoms. The van der Waals surface area contributed by atoms with Gasteiger partial charge in [-0.25, -0.2) is 4.98 Å². The van der Waals surface area contributed by atoms with Crippen molar-refractivity contribution in [2.45, 2.75) is 6.10 Å². The normalized spacial score (nSPS) is 12.3. The van der Waals surface area contributed by atoms with E-state index >= 15 is 0 Å². The van der Waals surface area contributed by atoms with E-state index in [1.165, 1.54) is 11.3 Å². The minimum absolute atomic E-state index is 0.649. The molecule has 0 aliphatic rings. The maximum atomic E-state index is 10.3. The van der Waals surface area contributed by atoms with Gasteiger partial charge < -0.3 is 5.11 Å². The summed E-state index contributed by atoms with van der Waals surface area (Å²) < 4.78 is 0. The zero-order valence-corrected chi connectivity index (χ0v) is 11.0. The third-order valence-electron chi connectivity index (χ3n) is 2.93. The van der Waals surface area contributed by atoms with Crippen LogP contribution >= 0.6 is 11.3 Å². The SMILES string of the molecule is OC(c1ccccc1)c1ncc(-c2ccccc2)s1. The molecule has 3 aromatic rings. The molecule has 1 aromatic heterocycles. The Kier molecular flexibility index (Phi) is 3.40. The van der Waals surface area contributed by atoms with Crippen LogP contribution in [0.2, 0.25) is 0 Å². The number of hydrogen-bond donors (Lipinski definition) is 1. The largest absolute Gasteiger partial charge is 0.381 e. The summed E-state index contributed by atoms with van der Waals surface area (Å²) in [5.74, 6) is 0. The molecular formula is C16H13NOS. The van der Waals surface area contributed by atoms with Gasteiger partial charge in [-0.2, -0.15) is 0 Å². The summed E-state index contributed by atoms with van der Waals surface area (Å²) in [7, 11) is 0. The molecule has 0 radical (unpaired) electrons. The zero-order valence-electron chi connectivity index (χ0n) is 10.2. The first-order chi connectivity index (χ1) is 9.34. The van der Waals surface area contributed by atoms with Gasteiger partial charge in [0, 0.05) is 6.20 Å². The fraction of sp³-hybridized carbons (Fsp3) is 0.0625. The molecule has 3 rings (SSSR count). The first-order valence-electron chi connectivity index (χ1n) is 6.09. The van der Waals surface area contributed by atoms with Crippen molar-refractivity contribution in [1.29, 1.82) is 0 Å².